The highest BCUT2D eigenvalue weighted by atomic mass is 32.1. The predicted molar refractivity (Wildman–Crippen MR) is 74.7 cm³/mol. The van der Waals surface area contributed by atoms with Gasteiger partial charge < -0.3 is 9.40 Å². The largest absolute Gasteiger partial charge is 0.429 e. The molecule has 2 aromatic carbocycles. The Labute approximate surface area is 114 Å². The van der Waals surface area contributed by atoms with Crippen molar-refractivity contribution in [3.8, 4) is 22.6 Å². The van der Waals surface area contributed by atoms with E-state index in [4.69, 9.17) is 16.6 Å². The molecule has 0 fully saturated rings. The van der Waals surface area contributed by atoms with Crippen molar-refractivity contribution < 1.29 is 8.81 Å². The molecule has 0 saturated carbocycles. The fourth-order valence-corrected chi connectivity index (χ4v) is 2.16. The lowest BCUT2D eigenvalue weighted by Crippen LogP contribution is -1.85. The second-order valence-corrected chi connectivity index (χ2v) is 4.44. The van der Waals surface area contributed by atoms with Crippen molar-refractivity contribution in [2.45, 2.75) is 0 Å². The molecule has 1 aromatic heterocycles. The van der Waals surface area contributed by atoms with E-state index in [9.17, 15) is 4.39 Å². The van der Waals surface area contributed by atoms with Crippen LogP contribution in [0.5, 0.6) is 0 Å². The summed E-state index contributed by atoms with van der Waals surface area (Å²) >= 11 is 5.02. The molecular formula is C15H10FNOS. The van der Waals surface area contributed by atoms with Gasteiger partial charge in [-0.1, -0.05) is 42.5 Å². The van der Waals surface area contributed by atoms with Crippen LogP contribution in [0.15, 0.2) is 59.0 Å². The lowest BCUT2D eigenvalue weighted by Gasteiger charge is -2.03. The molecule has 19 heavy (non-hydrogen) atoms. The van der Waals surface area contributed by atoms with E-state index in [2.05, 4.69) is 4.98 Å². The van der Waals surface area contributed by atoms with Crippen LogP contribution >= 0.6 is 12.2 Å². The number of benzene rings is 2. The van der Waals surface area contributed by atoms with E-state index >= 15 is 0 Å². The van der Waals surface area contributed by atoms with Crippen LogP contribution in [0.1, 0.15) is 0 Å². The van der Waals surface area contributed by atoms with Crippen molar-refractivity contribution in [3.05, 3.63) is 65.3 Å². The molecule has 0 aliphatic carbocycles. The van der Waals surface area contributed by atoms with Gasteiger partial charge in [0.2, 0.25) is 0 Å². The second-order valence-electron chi connectivity index (χ2n) is 4.06. The topological polar surface area (TPSA) is 28.9 Å². The minimum Gasteiger partial charge on any atom is -0.429 e. The van der Waals surface area contributed by atoms with E-state index in [-0.39, 0.29) is 10.7 Å². The molecule has 1 N–H and O–H groups in total. The molecule has 1 heterocycles. The summed E-state index contributed by atoms with van der Waals surface area (Å²) < 4.78 is 19.3. The number of hydrogen-bond acceptors (Lipinski definition) is 2. The van der Waals surface area contributed by atoms with Crippen molar-refractivity contribution >= 4 is 12.2 Å². The van der Waals surface area contributed by atoms with Gasteiger partial charge in [0.05, 0.1) is 11.3 Å². The molecule has 2 nitrogen and oxygen atoms in total. The molecule has 3 aromatic rings. The average molecular weight is 271 g/mol. The summed E-state index contributed by atoms with van der Waals surface area (Å²) in [5.74, 6) is 0.0896. The van der Waals surface area contributed by atoms with E-state index in [1.807, 2.05) is 30.3 Å². The summed E-state index contributed by atoms with van der Waals surface area (Å²) in [5, 5.41) is 0. The molecule has 0 aliphatic rings. The van der Waals surface area contributed by atoms with E-state index < -0.39 is 0 Å². The quantitative estimate of drug-likeness (QED) is 0.677. The van der Waals surface area contributed by atoms with Gasteiger partial charge in [0, 0.05) is 5.56 Å². The smallest absolute Gasteiger partial charge is 0.266 e. The Morgan fingerprint density at radius 3 is 2.37 bits per heavy atom. The lowest BCUT2D eigenvalue weighted by molar-refractivity contribution is 0.546. The number of oxazole rings is 1. The third-order valence-corrected chi connectivity index (χ3v) is 3.02. The van der Waals surface area contributed by atoms with Gasteiger partial charge in [-0.05, 0) is 24.4 Å². The van der Waals surface area contributed by atoms with Crippen LogP contribution in [-0.4, -0.2) is 4.98 Å². The summed E-state index contributed by atoms with van der Waals surface area (Å²) in [7, 11) is 0. The van der Waals surface area contributed by atoms with Gasteiger partial charge in [-0.3, -0.25) is 0 Å². The Kier molecular flexibility index (Phi) is 3.01. The molecule has 0 saturated heterocycles. The zero-order chi connectivity index (χ0) is 13.2. The van der Waals surface area contributed by atoms with Gasteiger partial charge >= 0.3 is 0 Å². The van der Waals surface area contributed by atoms with Crippen LogP contribution in [0.4, 0.5) is 4.39 Å². The Morgan fingerprint density at radius 1 is 0.947 bits per heavy atom. The van der Waals surface area contributed by atoms with Gasteiger partial charge in [-0.2, -0.15) is 0 Å². The van der Waals surface area contributed by atoms with Crippen molar-refractivity contribution in [1.82, 2.24) is 4.98 Å². The minimum atomic E-state index is -0.336. The highest BCUT2D eigenvalue weighted by molar-refractivity contribution is 7.71. The van der Waals surface area contributed by atoms with Crippen LogP contribution in [0.3, 0.4) is 0 Å². The van der Waals surface area contributed by atoms with Gasteiger partial charge in [-0.15, -0.1) is 0 Å². The second kappa shape index (κ2) is 4.82. The standard InChI is InChI=1S/C15H10FNOS/c16-12-9-5-4-8-11(12)14-13(17-15(19)18-14)10-6-2-1-3-7-10/h1-9H,(H,17,19). The van der Waals surface area contributed by atoms with Crippen molar-refractivity contribution in [1.29, 1.82) is 0 Å². The zero-order valence-electron chi connectivity index (χ0n) is 9.89. The molecule has 0 spiro atoms. The lowest BCUT2D eigenvalue weighted by atomic mass is 10.1. The highest BCUT2D eigenvalue weighted by Crippen LogP contribution is 2.32. The van der Waals surface area contributed by atoms with Gasteiger partial charge in [0.15, 0.2) is 5.76 Å². The number of rotatable bonds is 2. The van der Waals surface area contributed by atoms with E-state index in [0.717, 1.165) is 5.56 Å². The maximum atomic E-state index is 13.9. The number of aromatic nitrogens is 1. The summed E-state index contributed by atoms with van der Waals surface area (Å²) in [6, 6.07) is 16.0. The molecule has 0 radical (unpaired) electrons. The Hall–Kier alpha value is -2.20. The molecule has 0 unspecified atom stereocenters. The zero-order valence-corrected chi connectivity index (χ0v) is 10.7. The molecule has 3 rings (SSSR count). The van der Waals surface area contributed by atoms with E-state index in [1.165, 1.54) is 6.07 Å². The molecule has 94 valence electrons. The first-order valence-electron chi connectivity index (χ1n) is 5.79. The van der Waals surface area contributed by atoms with Crippen LogP contribution in [0.2, 0.25) is 0 Å². The summed E-state index contributed by atoms with van der Waals surface area (Å²) in [6.07, 6.45) is 0. The molecule has 4 heteroatoms. The van der Waals surface area contributed by atoms with Gasteiger partial charge in [-0.25, -0.2) is 4.39 Å². The molecule has 0 amide bonds. The summed E-state index contributed by atoms with van der Waals surface area (Å²) in [5.41, 5.74) is 1.99. The van der Waals surface area contributed by atoms with Crippen LogP contribution in [0.25, 0.3) is 22.6 Å². The Bertz CT molecular complexity index is 761. The van der Waals surface area contributed by atoms with Crippen molar-refractivity contribution in [2.24, 2.45) is 0 Å². The van der Waals surface area contributed by atoms with E-state index in [0.29, 0.717) is 17.0 Å². The first-order valence-corrected chi connectivity index (χ1v) is 6.20. The third-order valence-electron chi connectivity index (χ3n) is 2.83. The first-order chi connectivity index (χ1) is 9.25. The van der Waals surface area contributed by atoms with Crippen molar-refractivity contribution in [3.63, 3.8) is 0 Å². The number of halogens is 1. The highest BCUT2D eigenvalue weighted by Gasteiger charge is 2.15. The fraction of sp³-hybridized carbons (Fsp3) is 0. The maximum absolute atomic E-state index is 13.9. The van der Waals surface area contributed by atoms with E-state index in [1.54, 1.807) is 18.2 Å². The van der Waals surface area contributed by atoms with Gasteiger partial charge in [0.1, 0.15) is 5.82 Å². The Morgan fingerprint density at radius 2 is 1.63 bits per heavy atom. The molecular weight excluding hydrogens is 261 g/mol. The normalized spacial score (nSPS) is 10.6. The SMILES string of the molecule is Fc1ccccc1-c1oc(=S)[nH]c1-c1ccccc1. The third kappa shape index (κ3) is 2.22. The number of hydrogen-bond donors (Lipinski definition) is 1. The van der Waals surface area contributed by atoms with Crippen LogP contribution < -0.4 is 0 Å². The Balaban J connectivity index is 2.24. The van der Waals surface area contributed by atoms with Crippen LogP contribution in [0, 0.1) is 10.7 Å². The number of aromatic amines is 1. The average Bonchev–Trinajstić information content (AvgIpc) is 2.82. The first kappa shape index (κ1) is 11.9. The number of nitrogens with one attached hydrogen (secondary N) is 1. The predicted octanol–water partition coefficient (Wildman–Crippen LogP) is 4.81. The van der Waals surface area contributed by atoms with Crippen molar-refractivity contribution in [2.75, 3.05) is 0 Å². The summed E-state index contributed by atoms with van der Waals surface area (Å²) in [4.78, 5) is 3.20. The molecule has 0 aliphatic heterocycles. The monoisotopic (exact) mass is 271 g/mol. The maximum Gasteiger partial charge on any atom is 0.266 e. The van der Waals surface area contributed by atoms with Crippen LogP contribution in [-0.2, 0) is 0 Å². The minimum absolute atomic E-state index is 0.233. The summed E-state index contributed by atoms with van der Waals surface area (Å²) in [6.45, 7) is 0. The molecule has 0 atom stereocenters. The number of H-pyrrole nitrogens is 1. The fourth-order valence-electron chi connectivity index (χ4n) is 1.97. The molecule has 0 bridgehead atoms. The van der Waals surface area contributed by atoms with Gasteiger partial charge in [0.25, 0.3) is 4.84 Å².